The molecule has 1 heterocycles. The second-order valence-electron chi connectivity index (χ2n) is 2.11. The number of aromatic nitrogens is 1. The molecular weight excluding hydrogens is 158 g/mol. The van der Waals surface area contributed by atoms with Crippen molar-refractivity contribution in [1.29, 1.82) is 0 Å². The van der Waals surface area contributed by atoms with Crippen LogP contribution in [-0.2, 0) is 4.74 Å². The first-order chi connectivity index (χ1) is 5.75. The number of hydrogen-bond acceptors (Lipinski definition) is 3. The number of nitrogens with zero attached hydrogens (tertiary/aromatic N) is 1. The molecular formula is C8H9NO3. The van der Waals surface area contributed by atoms with E-state index in [1.165, 1.54) is 12.3 Å². The van der Waals surface area contributed by atoms with Crippen LogP contribution in [0.1, 0.15) is 6.92 Å². The Morgan fingerprint density at radius 3 is 2.92 bits per heavy atom. The number of hydrogen-bond donors (Lipinski definition) is 0. The second-order valence-corrected chi connectivity index (χ2v) is 2.11. The summed E-state index contributed by atoms with van der Waals surface area (Å²) in [4.78, 5) is 22.0. The maximum Gasteiger partial charge on any atom is 0.420 e. The monoisotopic (exact) mass is 167 g/mol. The standard InChI is InChI=1S/C8H9NO3/c1-2-12-8(11)9-6-4-3-5-7(9)10/h3-6H,2H2,1H3. The zero-order chi connectivity index (χ0) is 8.97. The molecule has 64 valence electrons. The van der Waals surface area contributed by atoms with Gasteiger partial charge >= 0.3 is 6.09 Å². The molecule has 0 N–H and O–H groups in total. The van der Waals surface area contributed by atoms with Crippen LogP contribution in [0.4, 0.5) is 4.79 Å². The molecule has 0 aromatic carbocycles. The molecule has 1 rings (SSSR count). The molecule has 0 aliphatic heterocycles. The summed E-state index contributed by atoms with van der Waals surface area (Å²) in [6.45, 7) is 1.95. The summed E-state index contributed by atoms with van der Waals surface area (Å²) >= 11 is 0. The summed E-state index contributed by atoms with van der Waals surface area (Å²) < 4.78 is 5.55. The average Bonchev–Trinajstić information content (AvgIpc) is 2.05. The van der Waals surface area contributed by atoms with Crippen molar-refractivity contribution < 1.29 is 9.53 Å². The van der Waals surface area contributed by atoms with Crippen LogP contribution < -0.4 is 5.56 Å². The Kier molecular flexibility index (Phi) is 2.63. The highest BCUT2D eigenvalue weighted by Gasteiger charge is 2.04. The van der Waals surface area contributed by atoms with E-state index in [1.807, 2.05) is 0 Å². The second kappa shape index (κ2) is 3.71. The van der Waals surface area contributed by atoms with Crippen molar-refractivity contribution in [3.63, 3.8) is 0 Å². The van der Waals surface area contributed by atoms with E-state index in [9.17, 15) is 9.59 Å². The first-order valence-corrected chi connectivity index (χ1v) is 3.60. The molecule has 0 aliphatic carbocycles. The maximum atomic E-state index is 11.0. The summed E-state index contributed by atoms with van der Waals surface area (Å²) in [5.74, 6) is 0. The van der Waals surface area contributed by atoms with Crippen molar-refractivity contribution in [2.75, 3.05) is 6.61 Å². The van der Waals surface area contributed by atoms with E-state index < -0.39 is 6.09 Å². The number of ether oxygens (including phenoxy) is 1. The molecule has 4 heteroatoms. The van der Waals surface area contributed by atoms with Gasteiger partial charge in [0.05, 0.1) is 6.61 Å². The lowest BCUT2D eigenvalue weighted by Gasteiger charge is -2.01. The molecule has 1 aromatic heterocycles. The van der Waals surface area contributed by atoms with Crippen LogP contribution in [0.5, 0.6) is 0 Å². The van der Waals surface area contributed by atoms with Crippen LogP contribution in [0.3, 0.4) is 0 Å². The molecule has 0 spiro atoms. The Labute approximate surface area is 69.4 Å². The molecule has 0 unspecified atom stereocenters. The summed E-state index contributed by atoms with van der Waals surface area (Å²) in [5, 5.41) is 0. The van der Waals surface area contributed by atoms with Gasteiger partial charge in [-0.25, -0.2) is 9.36 Å². The van der Waals surface area contributed by atoms with E-state index in [0.29, 0.717) is 0 Å². The van der Waals surface area contributed by atoms with E-state index >= 15 is 0 Å². The summed E-state index contributed by atoms with van der Waals surface area (Å²) in [7, 11) is 0. The molecule has 0 saturated heterocycles. The van der Waals surface area contributed by atoms with Crippen LogP contribution in [0.15, 0.2) is 29.2 Å². The van der Waals surface area contributed by atoms with Crippen molar-refractivity contribution in [3.05, 3.63) is 34.7 Å². The third-order valence-electron chi connectivity index (χ3n) is 1.29. The molecule has 4 nitrogen and oxygen atoms in total. The normalized spacial score (nSPS) is 9.42. The molecule has 0 bridgehead atoms. The van der Waals surface area contributed by atoms with Crippen molar-refractivity contribution in [2.45, 2.75) is 6.92 Å². The van der Waals surface area contributed by atoms with E-state index in [4.69, 9.17) is 0 Å². The molecule has 0 fully saturated rings. The van der Waals surface area contributed by atoms with E-state index in [2.05, 4.69) is 4.74 Å². The Bertz CT molecular complexity index is 329. The lowest BCUT2D eigenvalue weighted by molar-refractivity contribution is 0.153. The third-order valence-corrected chi connectivity index (χ3v) is 1.29. The molecule has 0 radical (unpaired) electrons. The van der Waals surface area contributed by atoms with Gasteiger partial charge in [-0.2, -0.15) is 0 Å². The number of pyridine rings is 1. The highest BCUT2D eigenvalue weighted by atomic mass is 16.5. The molecule has 12 heavy (non-hydrogen) atoms. The van der Waals surface area contributed by atoms with Gasteiger partial charge in [0.1, 0.15) is 0 Å². The Morgan fingerprint density at radius 1 is 1.58 bits per heavy atom. The molecule has 0 amide bonds. The number of carbonyl (C=O) groups is 1. The highest BCUT2D eigenvalue weighted by molar-refractivity contribution is 5.69. The summed E-state index contributed by atoms with van der Waals surface area (Å²) in [6.07, 6.45) is 0.739. The number of rotatable bonds is 1. The van der Waals surface area contributed by atoms with E-state index in [0.717, 1.165) is 4.57 Å². The van der Waals surface area contributed by atoms with Gasteiger partial charge in [0.15, 0.2) is 0 Å². The van der Waals surface area contributed by atoms with Crippen LogP contribution in [0.25, 0.3) is 0 Å². The van der Waals surface area contributed by atoms with E-state index in [-0.39, 0.29) is 12.2 Å². The van der Waals surface area contributed by atoms with Crippen molar-refractivity contribution in [3.8, 4) is 0 Å². The van der Waals surface area contributed by atoms with Crippen LogP contribution in [-0.4, -0.2) is 17.3 Å². The maximum absolute atomic E-state index is 11.0. The minimum absolute atomic E-state index is 0.264. The van der Waals surface area contributed by atoms with Gasteiger partial charge in [0.2, 0.25) is 0 Å². The SMILES string of the molecule is CCOC(=O)n1ccccc1=O. The van der Waals surface area contributed by atoms with Gasteiger partial charge in [-0.1, -0.05) is 6.07 Å². The average molecular weight is 167 g/mol. The van der Waals surface area contributed by atoms with E-state index in [1.54, 1.807) is 19.1 Å². The highest BCUT2D eigenvalue weighted by Crippen LogP contribution is 1.85. The minimum Gasteiger partial charge on any atom is -0.449 e. The Hall–Kier alpha value is -1.58. The Balaban J connectivity index is 2.95. The fourth-order valence-corrected chi connectivity index (χ4v) is 0.771. The minimum atomic E-state index is -0.636. The first-order valence-electron chi connectivity index (χ1n) is 3.60. The summed E-state index contributed by atoms with van der Waals surface area (Å²) in [6, 6.07) is 4.47. The van der Waals surface area contributed by atoms with Gasteiger partial charge in [0.25, 0.3) is 5.56 Å². The fourth-order valence-electron chi connectivity index (χ4n) is 0.771. The van der Waals surface area contributed by atoms with Crippen LogP contribution in [0.2, 0.25) is 0 Å². The molecule has 0 atom stereocenters. The Morgan fingerprint density at radius 2 is 2.33 bits per heavy atom. The van der Waals surface area contributed by atoms with Crippen LogP contribution >= 0.6 is 0 Å². The topological polar surface area (TPSA) is 48.3 Å². The van der Waals surface area contributed by atoms with Gasteiger partial charge < -0.3 is 4.74 Å². The summed E-state index contributed by atoms with van der Waals surface area (Å²) in [5.41, 5.74) is -0.379. The van der Waals surface area contributed by atoms with Gasteiger partial charge in [-0.15, -0.1) is 0 Å². The molecule has 1 aromatic rings. The largest absolute Gasteiger partial charge is 0.449 e. The van der Waals surface area contributed by atoms with Crippen molar-refractivity contribution in [2.24, 2.45) is 0 Å². The third kappa shape index (κ3) is 1.72. The quantitative estimate of drug-likeness (QED) is 0.623. The zero-order valence-electron chi connectivity index (χ0n) is 6.69. The first kappa shape index (κ1) is 8.52. The smallest absolute Gasteiger partial charge is 0.420 e. The van der Waals surface area contributed by atoms with Crippen LogP contribution in [0, 0.1) is 0 Å². The van der Waals surface area contributed by atoms with Gasteiger partial charge in [-0.3, -0.25) is 4.79 Å². The predicted molar refractivity (Wildman–Crippen MR) is 43.1 cm³/mol. The number of carbonyl (C=O) groups excluding carboxylic acids is 1. The van der Waals surface area contributed by atoms with Crippen molar-refractivity contribution >= 4 is 6.09 Å². The lowest BCUT2D eigenvalue weighted by atomic mass is 10.5. The van der Waals surface area contributed by atoms with Crippen molar-refractivity contribution in [1.82, 2.24) is 4.57 Å². The van der Waals surface area contributed by atoms with Gasteiger partial charge in [-0.05, 0) is 13.0 Å². The molecule has 0 aliphatic rings. The lowest BCUT2D eigenvalue weighted by Crippen LogP contribution is -2.26. The zero-order valence-corrected chi connectivity index (χ0v) is 6.69. The van der Waals surface area contributed by atoms with Gasteiger partial charge in [0, 0.05) is 12.3 Å². The molecule has 0 saturated carbocycles. The predicted octanol–water partition coefficient (Wildman–Crippen LogP) is 0.853. The fraction of sp³-hybridized carbons (Fsp3) is 0.250.